The quantitative estimate of drug-likeness (QED) is 0.926. The predicted molar refractivity (Wildman–Crippen MR) is 82.2 cm³/mol. The minimum Gasteiger partial charge on any atom is -0.481 e. The van der Waals surface area contributed by atoms with Crippen molar-refractivity contribution in [2.45, 2.75) is 13.3 Å². The zero-order valence-corrected chi connectivity index (χ0v) is 12.8. The van der Waals surface area contributed by atoms with Gasteiger partial charge in [0.1, 0.15) is 5.69 Å². The highest BCUT2D eigenvalue weighted by Gasteiger charge is 2.32. The highest BCUT2D eigenvalue weighted by molar-refractivity contribution is 5.93. The standard InChI is InChI=1S/C16H18N4O3/c1-11-6-12(16(22)23)9-20(8-11)15(21)14-7-13(2-3-18-14)19-5-4-17-10-19/h2-5,7,10-12H,6,8-9H2,1H3,(H,22,23). The molecule has 1 aliphatic rings. The smallest absolute Gasteiger partial charge is 0.308 e. The number of piperidine rings is 1. The third-order valence-corrected chi connectivity index (χ3v) is 4.06. The lowest BCUT2D eigenvalue weighted by Crippen LogP contribution is -2.45. The normalized spacial score (nSPS) is 21.2. The Hall–Kier alpha value is -2.70. The van der Waals surface area contributed by atoms with Gasteiger partial charge in [0.15, 0.2) is 0 Å². The van der Waals surface area contributed by atoms with Gasteiger partial charge in [0.25, 0.3) is 5.91 Å². The highest BCUT2D eigenvalue weighted by Crippen LogP contribution is 2.23. The number of likely N-dealkylation sites (tertiary alicyclic amines) is 1. The molecule has 0 aromatic carbocycles. The molecule has 1 N–H and O–H groups in total. The number of amides is 1. The molecule has 2 unspecified atom stereocenters. The fourth-order valence-electron chi connectivity index (χ4n) is 2.97. The highest BCUT2D eigenvalue weighted by atomic mass is 16.4. The van der Waals surface area contributed by atoms with Gasteiger partial charge in [-0.2, -0.15) is 0 Å². The molecule has 23 heavy (non-hydrogen) atoms. The molecule has 0 bridgehead atoms. The lowest BCUT2D eigenvalue weighted by atomic mass is 9.90. The fraction of sp³-hybridized carbons (Fsp3) is 0.375. The van der Waals surface area contributed by atoms with Crippen molar-refractivity contribution in [1.82, 2.24) is 19.4 Å². The number of imidazole rings is 1. The average molecular weight is 314 g/mol. The van der Waals surface area contributed by atoms with Crippen LogP contribution in [0.25, 0.3) is 5.69 Å². The van der Waals surface area contributed by atoms with Gasteiger partial charge in [0, 0.05) is 31.7 Å². The second kappa shape index (κ2) is 6.20. The molecule has 0 aliphatic carbocycles. The van der Waals surface area contributed by atoms with Crippen molar-refractivity contribution in [2.24, 2.45) is 11.8 Å². The molecule has 2 aromatic heterocycles. The van der Waals surface area contributed by atoms with E-state index in [0.717, 1.165) is 5.69 Å². The summed E-state index contributed by atoms with van der Waals surface area (Å²) in [5, 5.41) is 9.23. The summed E-state index contributed by atoms with van der Waals surface area (Å²) in [5.41, 5.74) is 1.11. The second-order valence-corrected chi connectivity index (χ2v) is 5.96. The summed E-state index contributed by atoms with van der Waals surface area (Å²) in [6.45, 7) is 2.75. The molecule has 3 heterocycles. The molecule has 1 saturated heterocycles. The van der Waals surface area contributed by atoms with Crippen molar-refractivity contribution in [2.75, 3.05) is 13.1 Å². The number of rotatable bonds is 3. The first-order valence-electron chi connectivity index (χ1n) is 7.51. The van der Waals surface area contributed by atoms with Crippen LogP contribution in [-0.4, -0.2) is 49.5 Å². The van der Waals surface area contributed by atoms with Gasteiger partial charge in [-0.3, -0.25) is 14.6 Å². The number of carbonyl (C=O) groups excluding carboxylic acids is 1. The van der Waals surface area contributed by atoms with Crippen molar-refractivity contribution < 1.29 is 14.7 Å². The van der Waals surface area contributed by atoms with Gasteiger partial charge in [-0.1, -0.05) is 6.92 Å². The zero-order valence-electron chi connectivity index (χ0n) is 12.8. The first-order chi connectivity index (χ1) is 11.0. The van der Waals surface area contributed by atoms with Crippen LogP contribution < -0.4 is 0 Å². The van der Waals surface area contributed by atoms with E-state index in [1.807, 2.05) is 6.92 Å². The lowest BCUT2D eigenvalue weighted by Gasteiger charge is -2.34. The number of aliphatic carboxylic acids is 1. The van der Waals surface area contributed by atoms with Gasteiger partial charge in [-0.05, 0) is 24.5 Å². The second-order valence-electron chi connectivity index (χ2n) is 5.96. The van der Waals surface area contributed by atoms with E-state index in [0.29, 0.717) is 18.7 Å². The van der Waals surface area contributed by atoms with Crippen molar-refractivity contribution in [3.8, 4) is 5.69 Å². The van der Waals surface area contributed by atoms with Crippen LogP contribution in [0.2, 0.25) is 0 Å². The van der Waals surface area contributed by atoms with Gasteiger partial charge in [-0.15, -0.1) is 0 Å². The summed E-state index contributed by atoms with van der Waals surface area (Å²) in [5.74, 6) is -1.44. The van der Waals surface area contributed by atoms with Gasteiger partial charge in [0.05, 0.1) is 17.9 Å². The first kappa shape index (κ1) is 15.2. The topological polar surface area (TPSA) is 88.3 Å². The van der Waals surface area contributed by atoms with Crippen LogP contribution in [0.15, 0.2) is 37.1 Å². The largest absolute Gasteiger partial charge is 0.481 e. The van der Waals surface area contributed by atoms with E-state index in [9.17, 15) is 14.7 Å². The third kappa shape index (κ3) is 3.23. The first-order valence-corrected chi connectivity index (χ1v) is 7.51. The Labute approximate surface area is 133 Å². The Morgan fingerprint density at radius 1 is 1.30 bits per heavy atom. The van der Waals surface area contributed by atoms with Crippen molar-refractivity contribution in [1.29, 1.82) is 0 Å². The van der Waals surface area contributed by atoms with Gasteiger partial charge in [0.2, 0.25) is 0 Å². The summed E-state index contributed by atoms with van der Waals surface area (Å²) in [6.07, 6.45) is 7.26. The molecule has 1 fully saturated rings. The fourth-order valence-corrected chi connectivity index (χ4v) is 2.97. The summed E-state index contributed by atoms with van der Waals surface area (Å²) in [4.78, 5) is 33.7. The van der Waals surface area contributed by atoms with Crippen LogP contribution >= 0.6 is 0 Å². The molecule has 3 rings (SSSR count). The molecule has 1 aliphatic heterocycles. The van der Waals surface area contributed by atoms with Crippen molar-refractivity contribution >= 4 is 11.9 Å². The Morgan fingerprint density at radius 3 is 2.83 bits per heavy atom. The molecule has 0 radical (unpaired) electrons. The van der Waals surface area contributed by atoms with E-state index >= 15 is 0 Å². The van der Waals surface area contributed by atoms with Crippen LogP contribution in [0, 0.1) is 11.8 Å². The number of carboxylic acid groups (broad SMARTS) is 1. The number of hydrogen-bond acceptors (Lipinski definition) is 4. The minimum absolute atomic E-state index is 0.158. The summed E-state index contributed by atoms with van der Waals surface area (Å²) < 4.78 is 1.79. The molecule has 7 nitrogen and oxygen atoms in total. The third-order valence-electron chi connectivity index (χ3n) is 4.06. The summed E-state index contributed by atoms with van der Waals surface area (Å²) in [6, 6.07) is 3.48. The molecule has 1 amide bonds. The number of aromatic nitrogens is 3. The minimum atomic E-state index is -0.852. The number of hydrogen-bond donors (Lipinski definition) is 1. The average Bonchev–Trinajstić information content (AvgIpc) is 3.08. The Kier molecular flexibility index (Phi) is 4.10. The lowest BCUT2D eigenvalue weighted by molar-refractivity contribution is -0.143. The number of nitrogens with zero attached hydrogens (tertiary/aromatic N) is 4. The molecule has 0 spiro atoms. The van der Waals surface area contributed by atoms with Gasteiger partial charge < -0.3 is 14.6 Å². The van der Waals surface area contributed by atoms with E-state index in [-0.39, 0.29) is 18.4 Å². The molecule has 2 atom stereocenters. The number of carboxylic acids is 1. The van der Waals surface area contributed by atoms with Crippen LogP contribution in [0.5, 0.6) is 0 Å². The summed E-state index contributed by atoms with van der Waals surface area (Å²) >= 11 is 0. The van der Waals surface area contributed by atoms with E-state index in [4.69, 9.17) is 0 Å². The van der Waals surface area contributed by atoms with Gasteiger partial charge >= 0.3 is 5.97 Å². The van der Waals surface area contributed by atoms with E-state index in [2.05, 4.69) is 9.97 Å². The Morgan fingerprint density at radius 2 is 2.13 bits per heavy atom. The van der Waals surface area contributed by atoms with Crippen LogP contribution in [0.3, 0.4) is 0 Å². The molecule has 2 aromatic rings. The van der Waals surface area contributed by atoms with Crippen LogP contribution in [0.4, 0.5) is 0 Å². The maximum atomic E-state index is 12.7. The maximum Gasteiger partial charge on any atom is 0.308 e. The predicted octanol–water partition coefficient (Wildman–Crippen LogP) is 1.45. The van der Waals surface area contributed by atoms with E-state index < -0.39 is 11.9 Å². The molecule has 0 saturated carbocycles. The SMILES string of the molecule is CC1CC(C(=O)O)CN(C(=O)c2cc(-n3ccnc3)ccn2)C1. The molecular formula is C16H18N4O3. The number of carbonyl (C=O) groups is 2. The van der Waals surface area contributed by atoms with Gasteiger partial charge in [-0.25, -0.2) is 4.98 Å². The molecule has 7 heteroatoms. The zero-order chi connectivity index (χ0) is 16.4. The Balaban J connectivity index is 1.82. The molecular weight excluding hydrogens is 296 g/mol. The van der Waals surface area contributed by atoms with Crippen molar-refractivity contribution in [3.63, 3.8) is 0 Å². The van der Waals surface area contributed by atoms with E-state index in [1.54, 1.807) is 46.5 Å². The molecule has 120 valence electrons. The van der Waals surface area contributed by atoms with Crippen LogP contribution in [-0.2, 0) is 4.79 Å². The van der Waals surface area contributed by atoms with E-state index in [1.165, 1.54) is 0 Å². The Bertz CT molecular complexity index is 714. The monoisotopic (exact) mass is 314 g/mol. The number of pyridine rings is 1. The maximum absolute atomic E-state index is 12.7. The summed E-state index contributed by atoms with van der Waals surface area (Å²) in [7, 11) is 0. The van der Waals surface area contributed by atoms with Crippen LogP contribution in [0.1, 0.15) is 23.8 Å². The van der Waals surface area contributed by atoms with Crippen molar-refractivity contribution in [3.05, 3.63) is 42.7 Å².